The van der Waals surface area contributed by atoms with Crippen molar-refractivity contribution in [1.82, 2.24) is 15.5 Å². The van der Waals surface area contributed by atoms with Crippen LogP contribution in [0.3, 0.4) is 0 Å². The Hall–Kier alpha value is -1.71. The molecule has 2 N–H and O–H groups in total. The summed E-state index contributed by atoms with van der Waals surface area (Å²) in [6.07, 6.45) is 2.98. The first-order chi connectivity index (χ1) is 6.54. The lowest BCUT2D eigenvalue weighted by Gasteiger charge is -2.15. The molecule has 0 heterocycles. The Morgan fingerprint density at radius 1 is 1.21 bits per heavy atom. The number of carbonyl (C=O) groups is 1. The van der Waals surface area contributed by atoms with Gasteiger partial charge in [0.2, 0.25) is 0 Å². The molecule has 0 radical (unpaired) electrons. The number of carbonyl (C=O) groups excluding carboxylic acids is 1. The zero-order valence-electron chi connectivity index (χ0n) is 8.92. The van der Waals surface area contributed by atoms with E-state index >= 15 is 0 Å². The van der Waals surface area contributed by atoms with Crippen molar-refractivity contribution in [2.24, 2.45) is 0 Å². The van der Waals surface area contributed by atoms with Gasteiger partial charge in [-0.15, -0.1) is 0 Å². The number of nitrogens with zero attached hydrogens (tertiary/aromatic N) is 1. The van der Waals surface area contributed by atoms with Gasteiger partial charge in [-0.25, -0.2) is 0 Å². The molecule has 4 heteroatoms. The van der Waals surface area contributed by atoms with E-state index in [9.17, 15) is 4.79 Å². The summed E-state index contributed by atoms with van der Waals surface area (Å²) in [5.74, 6) is -0.114. The van der Waals surface area contributed by atoms with Gasteiger partial charge in [-0.2, -0.15) is 0 Å². The molecule has 0 saturated carbocycles. The Bertz CT molecular complexity index is 267. The second kappa shape index (κ2) is 5.85. The summed E-state index contributed by atoms with van der Waals surface area (Å²) in [7, 11) is 3.38. The summed E-state index contributed by atoms with van der Waals surface area (Å²) in [4.78, 5) is 13.1. The van der Waals surface area contributed by atoms with E-state index in [0.717, 1.165) is 0 Å². The molecular formula is C10H17N3O. The van der Waals surface area contributed by atoms with Crippen LogP contribution in [0.4, 0.5) is 0 Å². The monoisotopic (exact) mass is 195 g/mol. The molecule has 0 aromatic carbocycles. The van der Waals surface area contributed by atoms with Gasteiger partial charge < -0.3 is 15.5 Å². The third-order valence-corrected chi connectivity index (χ3v) is 1.56. The van der Waals surface area contributed by atoms with Crippen molar-refractivity contribution in [2.45, 2.75) is 6.92 Å². The number of likely N-dealkylation sites (N-methyl/N-ethyl adjacent to an activating group) is 1. The van der Waals surface area contributed by atoms with Crippen LogP contribution in [0.1, 0.15) is 6.92 Å². The number of hydrogen-bond acceptors (Lipinski definition) is 3. The molecule has 0 bridgehead atoms. The van der Waals surface area contributed by atoms with Crippen LogP contribution in [0.5, 0.6) is 0 Å². The highest BCUT2D eigenvalue weighted by Crippen LogP contribution is 2.00. The van der Waals surface area contributed by atoms with Crippen LogP contribution in [-0.4, -0.2) is 24.9 Å². The van der Waals surface area contributed by atoms with Crippen LogP contribution in [0.15, 0.2) is 37.0 Å². The van der Waals surface area contributed by atoms with Crippen LogP contribution in [0.2, 0.25) is 0 Å². The first-order valence-electron chi connectivity index (χ1n) is 4.22. The predicted molar refractivity (Wildman–Crippen MR) is 58.1 cm³/mol. The summed E-state index contributed by atoms with van der Waals surface area (Å²) in [5.41, 5.74) is 1.17. The number of allylic oxidation sites excluding steroid dienone is 1. The molecule has 0 saturated heterocycles. The van der Waals surface area contributed by atoms with Crippen LogP contribution in [0, 0.1) is 0 Å². The maximum atomic E-state index is 11.6. The summed E-state index contributed by atoms with van der Waals surface area (Å²) >= 11 is 0. The van der Waals surface area contributed by atoms with Gasteiger partial charge in [0.1, 0.15) is 5.70 Å². The molecule has 78 valence electrons. The Morgan fingerprint density at radius 2 is 1.71 bits per heavy atom. The van der Waals surface area contributed by atoms with Crippen molar-refractivity contribution in [3.05, 3.63) is 37.0 Å². The Balaban J connectivity index is 4.90. The summed E-state index contributed by atoms with van der Waals surface area (Å²) in [6, 6.07) is 0. The van der Waals surface area contributed by atoms with Gasteiger partial charge in [-0.1, -0.05) is 13.2 Å². The molecule has 0 spiro atoms. The van der Waals surface area contributed by atoms with Gasteiger partial charge >= 0.3 is 0 Å². The third-order valence-electron chi connectivity index (χ3n) is 1.56. The largest absolute Gasteiger partial charge is 0.364 e. The van der Waals surface area contributed by atoms with E-state index < -0.39 is 0 Å². The lowest BCUT2D eigenvalue weighted by Crippen LogP contribution is -2.31. The molecule has 0 unspecified atom stereocenters. The Labute approximate surface area is 85.0 Å². The standard InChI is InChI=1S/C10H17N3O/c1-6-11-8(3)9(12-7-2)10(14)13(4)5/h6-7,11-12H,1-2H2,3-5H3/b9-8+. The zero-order valence-corrected chi connectivity index (χ0v) is 8.92. The van der Waals surface area contributed by atoms with Crippen LogP contribution in [0.25, 0.3) is 0 Å². The van der Waals surface area contributed by atoms with Crippen molar-refractivity contribution in [3.63, 3.8) is 0 Å². The molecule has 0 rings (SSSR count). The quantitative estimate of drug-likeness (QED) is 0.637. The average molecular weight is 195 g/mol. The first kappa shape index (κ1) is 12.3. The van der Waals surface area contributed by atoms with Gasteiger partial charge in [0, 0.05) is 19.8 Å². The van der Waals surface area contributed by atoms with Crippen molar-refractivity contribution in [1.29, 1.82) is 0 Å². The van der Waals surface area contributed by atoms with Crippen LogP contribution < -0.4 is 10.6 Å². The van der Waals surface area contributed by atoms with Gasteiger partial charge in [-0.05, 0) is 19.3 Å². The minimum atomic E-state index is -0.114. The van der Waals surface area contributed by atoms with E-state index in [1.807, 2.05) is 0 Å². The zero-order chi connectivity index (χ0) is 11.1. The highest BCUT2D eigenvalue weighted by Gasteiger charge is 2.12. The van der Waals surface area contributed by atoms with Gasteiger partial charge in [-0.3, -0.25) is 4.79 Å². The molecule has 0 aliphatic carbocycles. The predicted octanol–water partition coefficient (Wildman–Crippen LogP) is 0.772. The second-order valence-corrected chi connectivity index (χ2v) is 2.90. The fourth-order valence-corrected chi connectivity index (χ4v) is 0.881. The van der Waals surface area contributed by atoms with E-state index in [2.05, 4.69) is 23.8 Å². The van der Waals surface area contributed by atoms with Crippen molar-refractivity contribution in [2.75, 3.05) is 14.1 Å². The first-order valence-corrected chi connectivity index (χ1v) is 4.22. The fraction of sp³-hybridized carbons (Fsp3) is 0.300. The molecule has 0 atom stereocenters. The summed E-state index contributed by atoms with van der Waals surface area (Å²) < 4.78 is 0. The maximum Gasteiger partial charge on any atom is 0.271 e. The van der Waals surface area contributed by atoms with Gasteiger partial charge in [0.25, 0.3) is 5.91 Å². The number of rotatable bonds is 5. The Morgan fingerprint density at radius 3 is 2.07 bits per heavy atom. The van der Waals surface area contributed by atoms with E-state index in [4.69, 9.17) is 0 Å². The molecule has 1 amide bonds. The van der Waals surface area contributed by atoms with E-state index in [1.165, 1.54) is 17.3 Å². The topological polar surface area (TPSA) is 44.4 Å². The summed E-state index contributed by atoms with van der Waals surface area (Å²) in [5, 5.41) is 5.64. The number of amides is 1. The van der Waals surface area contributed by atoms with E-state index in [-0.39, 0.29) is 5.91 Å². The smallest absolute Gasteiger partial charge is 0.271 e. The van der Waals surface area contributed by atoms with Gasteiger partial charge in [0.15, 0.2) is 0 Å². The molecule has 0 aliphatic heterocycles. The number of nitrogens with one attached hydrogen (secondary N) is 2. The Kier molecular flexibility index (Phi) is 5.14. The van der Waals surface area contributed by atoms with Crippen molar-refractivity contribution >= 4 is 5.91 Å². The van der Waals surface area contributed by atoms with Crippen molar-refractivity contribution in [3.8, 4) is 0 Å². The molecule has 0 fully saturated rings. The lowest BCUT2D eigenvalue weighted by atomic mass is 10.3. The highest BCUT2D eigenvalue weighted by atomic mass is 16.2. The van der Waals surface area contributed by atoms with Crippen molar-refractivity contribution < 1.29 is 4.79 Å². The third kappa shape index (κ3) is 3.35. The molecule has 0 aliphatic rings. The SMILES string of the molecule is C=CN/C(C)=C(/NC=C)C(=O)N(C)C. The summed E-state index contributed by atoms with van der Waals surface area (Å²) in [6.45, 7) is 8.83. The maximum absolute atomic E-state index is 11.6. The van der Waals surface area contributed by atoms with Crippen LogP contribution >= 0.6 is 0 Å². The van der Waals surface area contributed by atoms with E-state index in [1.54, 1.807) is 21.0 Å². The molecule has 0 aromatic rings. The minimum absolute atomic E-state index is 0.114. The van der Waals surface area contributed by atoms with Crippen LogP contribution in [-0.2, 0) is 4.79 Å². The minimum Gasteiger partial charge on any atom is -0.364 e. The second-order valence-electron chi connectivity index (χ2n) is 2.90. The highest BCUT2D eigenvalue weighted by molar-refractivity contribution is 5.93. The normalized spacial score (nSPS) is 11.1. The van der Waals surface area contributed by atoms with E-state index in [0.29, 0.717) is 11.4 Å². The average Bonchev–Trinajstić information content (AvgIpc) is 2.13. The molecule has 0 aromatic heterocycles. The molecule has 14 heavy (non-hydrogen) atoms. The van der Waals surface area contributed by atoms with Gasteiger partial charge in [0.05, 0.1) is 0 Å². The molecular weight excluding hydrogens is 178 g/mol. The molecule has 4 nitrogen and oxygen atoms in total. The fourth-order valence-electron chi connectivity index (χ4n) is 0.881. The lowest BCUT2D eigenvalue weighted by molar-refractivity contribution is -0.125. The number of hydrogen-bond donors (Lipinski definition) is 2.